The van der Waals surface area contributed by atoms with Crippen molar-refractivity contribution in [2.45, 2.75) is 25.3 Å². The minimum Gasteiger partial charge on any atom is -0.370 e. The van der Waals surface area contributed by atoms with E-state index in [1.54, 1.807) is 35.6 Å². The van der Waals surface area contributed by atoms with E-state index in [-0.39, 0.29) is 10.8 Å². The lowest BCUT2D eigenvalue weighted by atomic mass is 10.2. The van der Waals surface area contributed by atoms with Crippen molar-refractivity contribution in [3.05, 3.63) is 41.4 Å². The van der Waals surface area contributed by atoms with Crippen molar-refractivity contribution < 1.29 is 8.42 Å². The van der Waals surface area contributed by atoms with E-state index >= 15 is 0 Å². The van der Waals surface area contributed by atoms with Crippen LogP contribution in [0.5, 0.6) is 0 Å². The summed E-state index contributed by atoms with van der Waals surface area (Å²) in [5.41, 5.74) is 7.08. The predicted molar refractivity (Wildman–Crippen MR) is 118 cm³/mol. The first-order chi connectivity index (χ1) is 13.8. The molecule has 0 spiro atoms. The number of nitrogens with one attached hydrogen (secondary N) is 1. The second kappa shape index (κ2) is 9.55. The van der Waals surface area contributed by atoms with Gasteiger partial charge in [-0.05, 0) is 23.6 Å². The van der Waals surface area contributed by atoms with Gasteiger partial charge < -0.3 is 15.5 Å². The molecule has 0 aliphatic carbocycles. The Morgan fingerprint density at radius 1 is 1.24 bits per heavy atom. The first kappa shape index (κ1) is 21.5. The topological polar surface area (TPSA) is 104 Å². The van der Waals surface area contributed by atoms with Crippen LogP contribution in [-0.4, -0.2) is 57.0 Å². The zero-order valence-electron chi connectivity index (χ0n) is 16.8. The van der Waals surface area contributed by atoms with Gasteiger partial charge in [0.25, 0.3) is 0 Å². The molecule has 1 aromatic heterocycles. The van der Waals surface area contributed by atoms with Gasteiger partial charge in [-0.15, -0.1) is 11.3 Å². The van der Waals surface area contributed by atoms with Crippen molar-refractivity contribution in [2.75, 3.05) is 37.6 Å². The van der Waals surface area contributed by atoms with Crippen LogP contribution in [0.4, 0.5) is 5.13 Å². The molecule has 3 rings (SSSR count). The van der Waals surface area contributed by atoms with E-state index in [2.05, 4.69) is 24.5 Å². The molecule has 2 heterocycles. The zero-order chi connectivity index (χ0) is 20.9. The van der Waals surface area contributed by atoms with Crippen LogP contribution < -0.4 is 15.4 Å². The average Bonchev–Trinajstić information content (AvgIpc) is 3.26. The highest BCUT2D eigenvalue weighted by atomic mass is 32.2. The first-order valence-electron chi connectivity index (χ1n) is 9.63. The third-order valence-corrected chi connectivity index (χ3v) is 6.90. The Balaban J connectivity index is 1.53. The number of anilines is 1. The Hall–Kier alpha value is -2.17. The fourth-order valence-electron chi connectivity index (χ4n) is 2.90. The third kappa shape index (κ3) is 5.91. The third-order valence-electron chi connectivity index (χ3n) is 4.63. The van der Waals surface area contributed by atoms with Crippen molar-refractivity contribution in [2.24, 2.45) is 16.6 Å². The first-order valence-corrected chi connectivity index (χ1v) is 12.0. The standard InChI is InChI=1S/C19H28N6O2S2/c1-15(2)13-23-29(26,27)17-5-3-16(4-6-17)14-22-18(20)24-8-10-25(11-9-24)19-21-7-12-28-19/h3-7,12,15,23H,8-11,13-14H2,1-2H3,(H2,20,22). The minimum atomic E-state index is -3.47. The van der Waals surface area contributed by atoms with Crippen molar-refractivity contribution in [1.82, 2.24) is 14.6 Å². The van der Waals surface area contributed by atoms with Gasteiger partial charge >= 0.3 is 0 Å². The molecule has 1 aromatic carbocycles. The van der Waals surface area contributed by atoms with Gasteiger partial charge in [0.1, 0.15) is 0 Å². The fourth-order valence-corrected chi connectivity index (χ4v) is 4.82. The van der Waals surface area contributed by atoms with Crippen LogP contribution in [0.15, 0.2) is 45.7 Å². The van der Waals surface area contributed by atoms with Gasteiger partial charge in [-0.2, -0.15) is 0 Å². The summed E-state index contributed by atoms with van der Waals surface area (Å²) in [6.07, 6.45) is 1.82. The SMILES string of the molecule is CC(C)CNS(=O)(=O)c1ccc(CN=C(N)N2CCN(c3nccs3)CC2)cc1. The van der Waals surface area contributed by atoms with Gasteiger partial charge in [0, 0.05) is 44.3 Å². The molecule has 0 amide bonds. The Bertz CT molecular complexity index is 903. The maximum Gasteiger partial charge on any atom is 0.240 e. The highest BCUT2D eigenvalue weighted by Gasteiger charge is 2.20. The summed E-state index contributed by atoms with van der Waals surface area (Å²) >= 11 is 1.64. The minimum absolute atomic E-state index is 0.254. The van der Waals surface area contributed by atoms with Gasteiger partial charge in [-0.3, -0.25) is 0 Å². The summed E-state index contributed by atoms with van der Waals surface area (Å²) in [7, 11) is -3.47. The number of rotatable bonds is 7. The normalized spacial score (nSPS) is 15.9. The summed E-state index contributed by atoms with van der Waals surface area (Å²) in [5, 5.41) is 3.02. The number of sulfonamides is 1. The molecular weight excluding hydrogens is 408 g/mol. The number of benzene rings is 1. The van der Waals surface area contributed by atoms with E-state index in [9.17, 15) is 8.42 Å². The molecule has 1 aliphatic heterocycles. The van der Waals surface area contributed by atoms with E-state index in [4.69, 9.17) is 5.73 Å². The number of hydrogen-bond donors (Lipinski definition) is 2. The molecule has 0 unspecified atom stereocenters. The van der Waals surface area contributed by atoms with E-state index in [1.807, 2.05) is 25.4 Å². The van der Waals surface area contributed by atoms with Crippen LogP contribution >= 0.6 is 11.3 Å². The number of nitrogens with zero attached hydrogens (tertiary/aromatic N) is 4. The number of aliphatic imine (C=N–C) groups is 1. The van der Waals surface area contributed by atoms with Crippen LogP contribution in [0.3, 0.4) is 0 Å². The lowest BCUT2D eigenvalue weighted by molar-refractivity contribution is 0.380. The van der Waals surface area contributed by atoms with Gasteiger partial charge in [0.15, 0.2) is 11.1 Å². The predicted octanol–water partition coefficient (Wildman–Crippen LogP) is 1.71. The van der Waals surface area contributed by atoms with Gasteiger partial charge in [-0.1, -0.05) is 26.0 Å². The average molecular weight is 437 g/mol. The largest absolute Gasteiger partial charge is 0.370 e. The van der Waals surface area contributed by atoms with Crippen LogP contribution in [0.1, 0.15) is 19.4 Å². The number of thiazole rings is 1. The van der Waals surface area contributed by atoms with Crippen molar-refractivity contribution >= 4 is 32.5 Å². The molecule has 1 aliphatic rings. The maximum absolute atomic E-state index is 12.3. The molecular formula is C19H28N6O2S2. The summed E-state index contributed by atoms with van der Waals surface area (Å²) in [5.74, 6) is 0.767. The number of aromatic nitrogens is 1. The van der Waals surface area contributed by atoms with Crippen LogP contribution in [-0.2, 0) is 16.6 Å². The summed E-state index contributed by atoms with van der Waals surface area (Å²) in [6.45, 7) is 8.08. The molecule has 29 heavy (non-hydrogen) atoms. The van der Waals surface area contributed by atoms with Gasteiger partial charge in [0.2, 0.25) is 10.0 Å². The number of nitrogens with two attached hydrogens (primary N) is 1. The second-order valence-electron chi connectivity index (χ2n) is 7.35. The molecule has 158 valence electrons. The van der Waals surface area contributed by atoms with Gasteiger partial charge in [0.05, 0.1) is 11.4 Å². The Labute approximate surface area is 176 Å². The van der Waals surface area contributed by atoms with Gasteiger partial charge in [-0.25, -0.2) is 23.1 Å². The van der Waals surface area contributed by atoms with E-state index in [0.717, 1.165) is 36.9 Å². The number of guanidine groups is 1. The molecule has 10 heteroatoms. The molecule has 1 saturated heterocycles. The quantitative estimate of drug-likeness (QED) is 0.506. The molecule has 0 atom stereocenters. The van der Waals surface area contributed by atoms with E-state index in [0.29, 0.717) is 19.0 Å². The highest BCUT2D eigenvalue weighted by Crippen LogP contribution is 2.19. The molecule has 8 nitrogen and oxygen atoms in total. The van der Waals surface area contributed by atoms with Crippen molar-refractivity contribution in [3.63, 3.8) is 0 Å². The Morgan fingerprint density at radius 3 is 2.52 bits per heavy atom. The second-order valence-corrected chi connectivity index (χ2v) is 9.99. The van der Waals surface area contributed by atoms with E-state index in [1.165, 1.54) is 0 Å². The number of piperazine rings is 1. The zero-order valence-corrected chi connectivity index (χ0v) is 18.4. The van der Waals surface area contributed by atoms with Crippen LogP contribution in [0.25, 0.3) is 0 Å². The highest BCUT2D eigenvalue weighted by molar-refractivity contribution is 7.89. The molecule has 0 saturated carbocycles. The van der Waals surface area contributed by atoms with Crippen LogP contribution in [0, 0.1) is 5.92 Å². The van der Waals surface area contributed by atoms with Crippen molar-refractivity contribution in [3.8, 4) is 0 Å². The maximum atomic E-state index is 12.3. The fraction of sp³-hybridized carbons (Fsp3) is 0.474. The lowest BCUT2D eigenvalue weighted by Crippen LogP contribution is -2.51. The summed E-state index contributed by atoms with van der Waals surface area (Å²) < 4.78 is 27.1. The summed E-state index contributed by atoms with van der Waals surface area (Å²) in [4.78, 5) is 13.4. The lowest BCUT2D eigenvalue weighted by Gasteiger charge is -2.35. The molecule has 0 radical (unpaired) electrons. The molecule has 2 aromatic rings. The van der Waals surface area contributed by atoms with Crippen LogP contribution in [0.2, 0.25) is 0 Å². The van der Waals surface area contributed by atoms with Crippen molar-refractivity contribution in [1.29, 1.82) is 0 Å². The molecule has 3 N–H and O–H groups in total. The Kier molecular flexibility index (Phi) is 7.09. The number of hydrogen-bond acceptors (Lipinski definition) is 6. The Morgan fingerprint density at radius 2 is 1.93 bits per heavy atom. The monoisotopic (exact) mass is 436 g/mol. The molecule has 1 fully saturated rings. The molecule has 0 bridgehead atoms. The summed E-state index contributed by atoms with van der Waals surface area (Å²) in [6, 6.07) is 6.77. The smallest absolute Gasteiger partial charge is 0.240 e. The van der Waals surface area contributed by atoms with E-state index < -0.39 is 10.0 Å².